The molecule has 0 bridgehead atoms. The molecule has 1 amide bonds. The van der Waals surface area contributed by atoms with E-state index in [0.29, 0.717) is 17.6 Å². The van der Waals surface area contributed by atoms with Crippen LogP contribution in [0, 0.1) is 0 Å². The molecule has 0 radical (unpaired) electrons. The van der Waals surface area contributed by atoms with Gasteiger partial charge in [0.2, 0.25) is 0 Å². The maximum atomic E-state index is 11.9. The third-order valence-electron chi connectivity index (χ3n) is 2.94. The number of aromatic nitrogens is 1. The zero-order chi connectivity index (χ0) is 14.4. The van der Waals surface area contributed by atoms with E-state index in [0.717, 1.165) is 13.0 Å². The molecule has 19 heavy (non-hydrogen) atoms. The van der Waals surface area contributed by atoms with E-state index in [1.807, 2.05) is 0 Å². The molecule has 1 rings (SSSR count). The number of pyridine rings is 1. The summed E-state index contributed by atoms with van der Waals surface area (Å²) in [6.45, 7) is 5.78. The van der Waals surface area contributed by atoms with E-state index >= 15 is 0 Å². The Bertz CT molecular complexity index is 437. The van der Waals surface area contributed by atoms with Crippen molar-refractivity contribution in [1.29, 1.82) is 0 Å². The van der Waals surface area contributed by atoms with Gasteiger partial charge < -0.3 is 16.0 Å². The molecule has 106 valence electrons. The summed E-state index contributed by atoms with van der Waals surface area (Å²) in [5.41, 5.74) is 5.72. The number of hydrogen-bond acceptors (Lipinski definition) is 4. The van der Waals surface area contributed by atoms with Crippen molar-refractivity contribution in [2.45, 2.75) is 26.3 Å². The van der Waals surface area contributed by atoms with Crippen LogP contribution in [0.15, 0.2) is 12.1 Å². The molecule has 0 fully saturated rings. The first-order valence-electron chi connectivity index (χ1n) is 6.32. The van der Waals surface area contributed by atoms with E-state index in [9.17, 15) is 4.79 Å². The predicted molar refractivity (Wildman–Crippen MR) is 78.4 cm³/mol. The molecule has 0 saturated heterocycles. The number of hydrogen-bond donors (Lipinski definition) is 2. The molecule has 5 nitrogen and oxygen atoms in total. The summed E-state index contributed by atoms with van der Waals surface area (Å²) in [6, 6.07) is 3.64. The largest absolute Gasteiger partial charge is 0.384 e. The number of amides is 1. The number of nitrogen functional groups attached to an aromatic ring is 1. The summed E-state index contributed by atoms with van der Waals surface area (Å²) < 4.78 is 0. The molecular formula is C13H21ClN4O. The molecule has 1 aromatic rings. The van der Waals surface area contributed by atoms with Gasteiger partial charge in [-0.25, -0.2) is 4.98 Å². The molecular weight excluding hydrogens is 264 g/mol. The molecule has 0 saturated carbocycles. The Morgan fingerprint density at radius 1 is 1.53 bits per heavy atom. The lowest BCUT2D eigenvalue weighted by atomic mass is 10.3. The standard InChI is InChI=1S/C13H21ClN4O/c1-9(2)18(3)8-4-7-16-13(19)12-10(14)5-6-11(15)17-12/h5-6,9H,4,7-8H2,1-3H3,(H2,15,17)(H,16,19). The van der Waals surface area contributed by atoms with Crippen molar-refractivity contribution in [2.24, 2.45) is 0 Å². The van der Waals surface area contributed by atoms with E-state index < -0.39 is 0 Å². The fraction of sp³-hybridized carbons (Fsp3) is 0.538. The van der Waals surface area contributed by atoms with Crippen LogP contribution in [-0.2, 0) is 0 Å². The quantitative estimate of drug-likeness (QED) is 0.781. The molecule has 1 aromatic heterocycles. The fourth-order valence-electron chi connectivity index (χ4n) is 1.49. The highest BCUT2D eigenvalue weighted by Gasteiger charge is 2.12. The minimum absolute atomic E-state index is 0.180. The molecule has 0 aliphatic rings. The SMILES string of the molecule is CC(C)N(C)CCCNC(=O)c1nc(N)ccc1Cl. The number of rotatable bonds is 6. The third-order valence-corrected chi connectivity index (χ3v) is 3.24. The Kier molecular flexibility index (Phi) is 6.05. The van der Waals surface area contributed by atoms with Crippen molar-refractivity contribution >= 4 is 23.3 Å². The molecule has 0 spiro atoms. The Hall–Kier alpha value is -1.33. The minimum atomic E-state index is -0.287. The van der Waals surface area contributed by atoms with E-state index in [4.69, 9.17) is 17.3 Å². The zero-order valence-corrected chi connectivity index (χ0v) is 12.4. The highest BCUT2D eigenvalue weighted by atomic mass is 35.5. The Balaban J connectivity index is 2.41. The van der Waals surface area contributed by atoms with Crippen molar-refractivity contribution in [3.05, 3.63) is 22.8 Å². The molecule has 0 unspecified atom stereocenters. The minimum Gasteiger partial charge on any atom is -0.384 e. The maximum Gasteiger partial charge on any atom is 0.271 e. The van der Waals surface area contributed by atoms with Crippen molar-refractivity contribution in [3.8, 4) is 0 Å². The topological polar surface area (TPSA) is 71.2 Å². The second-order valence-electron chi connectivity index (χ2n) is 4.75. The van der Waals surface area contributed by atoms with Crippen LogP contribution >= 0.6 is 11.6 Å². The van der Waals surface area contributed by atoms with Crippen LogP contribution < -0.4 is 11.1 Å². The predicted octanol–water partition coefficient (Wildman–Crippen LogP) is 1.78. The third kappa shape index (κ3) is 5.04. The summed E-state index contributed by atoms with van der Waals surface area (Å²) in [5, 5.41) is 3.10. The molecule has 0 aliphatic carbocycles. The first-order chi connectivity index (χ1) is 8.91. The zero-order valence-electron chi connectivity index (χ0n) is 11.6. The summed E-state index contributed by atoms with van der Waals surface area (Å²) >= 11 is 5.91. The summed E-state index contributed by atoms with van der Waals surface area (Å²) in [6.07, 6.45) is 0.875. The second-order valence-corrected chi connectivity index (χ2v) is 5.16. The van der Waals surface area contributed by atoms with Gasteiger partial charge in [0.25, 0.3) is 5.91 Å². The van der Waals surface area contributed by atoms with E-state index in [1.165, 1.54) is 0 Å². The van der Waals surface area contributed by atoms with Gasteiger partial charge in [-0.3, -0.25) is 4.79 Å². The summed E-state index contributed by atoms with van der Waals surface area (Å²) in [7, 11) is 2.06. The highest BCUT2D eigenvalue weighted by molar-refractivity contribution is 6.33. The van der Waals surface area contributed by atoms with Gasteiger partial charge in [0, 0.05) is 12.6 Å². The van der Waals surface area contributed by atoms with Crippen LogP contribution in [0.5, 0.6) is 0 Å². The lowest BCUT2D eigenvalue weighted by Gasteiger charge is -2.20. The van der Waals surface area contributed by atoms with Crippen LogP contribution in [0.25, 0.3) is 0 Å². The van der Waals surface area contributed by atoms with Crippen molar-refractivity contribution in [3.63, 3.8) is 0 Å². The van der Waals surface area contributed by atoms with Gasteiger partial charge >= 0.3 is 0 Å². The van der Waals surface area contributed by atoms with Crippen molar-refractivity contribution < 1.29 is 4.79 Å². The Labute approximate surface area is 119 Å². The van der Waals surface area contributed by atoms with Crippen LogP contribution in [-0.4, -0.2) is 42.0 Å². The lowest BCUT2D eigenvalue weighted by Crippen LogP contribution is -2.31. The summed E-state index contributed by atoms with van der Waals surface area (Å²) in [4.78, 5) is 18.0. The molecule has 3 N–H and O–H groups in total. The van der Waals surface area contributed by atoms with Crippen LogP contribution in [0.1, 0.15) is 30.8 Å². The van der Waals surface area contributed by atoms with Gasteiger partial charge in [-0.15, -0.1) is 0 Å². The number of nitrogens with one attached hydrogen (secondary N) is 1. The summed E-state index contributed by atoms with van der Waals surface area (Å²) in [5.74, 6) is -0.00130. The van der Waals surface area contributed by atoms with E-state index in [2.05, 4.69) is 36.1 Å². The Morgan fingerprint density at radius 2 is 2.21 bits per heavy atom. The van der Waals surface area contributed by atoms with Gasteiger partial charge in [0.1, 0.15) is 11.5 Å². The molecule has 0 aliphatic heterocycles. The smallest absolute Gasteiger partial charge is 0.271 e. The van der Waals surface area contributed by atoms with Gasteiger partial charge in [-0.2, -0.15) is 0 Å². The van der Waals surface area contributed by atoms with E-state index in [-0.39, 0.29) is 17.4 Å². The van der Waals surface area contributed by atoms with Gasteiger partial charge in [-0.1, -0.05) is 11.6 Å². The number of nitrogens with two attached hydrogens (primary N) is 1. The van der Waals surface area contributed by atoms with E-state index in [1.54, 1.807) is 12.1 Å². The number of carbonyl (C=O) groups excluding carboxylic acids is 1. The average Bonchev–Trinajstić information content (AvgIpc) is 2.36. The first-order valence-corrected chi connectivity index (χ1v) is 6.70. The average molecular weight is 285 g/mol. The van der Waals surface area contributed by atoms with Gasteiger partial charge in [0.15, 0.2) is 0 Å². The molecule has 1 heterocycles. The number of anilines is 1. The molecule has 0 aromatic carbocycles. The Morgan fingerprint density at radius 3 is 2.84 bits per heavy atom. The van der Waals surface area contributed by atoms with Crippen LogP contribution in [0.2, 0.25) is 5.02 Å². The van der Waals surface area contributed by atoms with Crippen molar-refractivity contribution in [2.75, 3.05) is 25.9 Å². The van der Waals surface area contributed by atoms with Crippen molar-refractivity contribution in [1.82, 2.24) is 15.2 Å². The lowest BCUT2D eigenvalue weighted by molar-refractivity contribution is 0.0947. The normalized spacial score (nSPS) is 11.1. The molecule has 0 atom stereocenters. The maximum absolute atomic E-state index is 11.9. The fourth-order valence-corrected chi connectivity index (χ4v) is 1.68. The van der Waals surface area contributed by atoms with Crippen LogP contribution in [0.4, 0.5) is 5.82 Å². The van der Waals surface area contributed by atoms with Crippen LogP contribution in [0.3, 0.4) is 0 Å². The first kappa shape index (κ1) is 15.7. The van der Waals surface area contributed by atoms with Gasteiger partial charge in [0.05, 0.1) is 5.02 Å². The molecule has 6 heteroatoms. The monoisotopic (exact) mass is 284 g/mol. The van der Waals surface area contributed by atoms with Gasteiger partial charge in [-0.05, 0) is 46.0 Å². The number of carbonyl (C=O) groups is 1. The second kappa shape index (κ2) is 7.31. The number of halogens is 1. The number of nitrogens with zero attached hydrogens (tertiary/aromatic N) is 2. The highest BCUT2D eigenvalue weighted by Crippen LogP contribution is 2.14.